The Bertz CT molecular complexity index is 394. The first-order chi connectivity index (χ1) is 8.15. The van der Waals surface area contributed by atoms with Gasteiger partial charge in [0.05, 0.1) is 5.69 Å². The minimum Gasteiger partial charge on any atom is -0.299 e. The van der Waals surface area contributed by atoms with Crippen molar-refractivity contribution in [2.24, 2.45) is 13.0 Å². The molecule has 0 spiro atoms. The number of rotatable bonds is 4. The van der Waals surface area contributed by atoms with E-state index in [0.29, 0.717) is 18.1 Å². The highest BCUT2D eigenvalue weighted by Crippen LogP contribution is 2.25. The monoisotopic (exact) mass is 252 g/mol. The molecule has 4 heteroatoms. The molecule has 0 saturated carbocycles. The van der Waals surface area contributed by atoms with Crippen LogP contribution in [0.25, 0.3) is 0 Å². The van der Waals surface area contributed by atoms with Gasteiger partial charge in [-0.25, -0.2) is 0 Å². The van der Waals surface area contributed by atoms with Crippen LogP contribution in [-0.2, 0) is 18.3 Å². The van der Waals surface area contributed by atoms with E-state index >= 15 is 0 Å². The molecule has 0 aliphatic carbocycles. The first-order valence-corrected chi connectivity index (χ1v) is 7.39. The van der Waals surface area contributed by atoms with Gasteiger partial charge in [-0.2, -0.15) is 16.9 Å². The van der Waals surface area contributed by atoms with Crippen molar-refractivity contribution >= 4 is 17.5 Å². The number of aromatic nitrogens is 2. The summed E-state index contributed by atoms with van der Waals surface area (Å²) in [6.45, 7) is 1.96. The molecule has 3 nitrogen and oxygen atoms in total. The van der Waals surface area contributed by atoms with E-state index < -0.39 is 0 Å². The van der Waals surface area contributed by atoms with Gasteiger partial charge in [0.2, 0.25) is 0 Å². The lowest BCUT2D eigenvalue weighted by Crippen LogP contribution is -2.16. The third-order valence-electron chi connectivity index (χ3n) is 3.33. The molecule has 1 aromatic heterocycles. The zero-order valence-corrected chi connectivity index (χ0v) is 11.4. The van der Waals surface area contributed by atoms with Crippen molar-refractivity contribution in [2.75, 3.05) is 11.5 Å². The van der Waals surface area contributed by atoms with Gasteiger partial charge in [0.15, 0.2) is 0 Å². The van der Waals surface area contributed by atoms with E-state index in [9.17, 15) is 4.79 Å². The molecular weight excluding hydrogens is 232 g/mol. The van der Waals surface area contributed by atoms with Gasteiger partial charge in [0.25, 0.3) is 0 Å². The molecule has 94 valence electrons. The van der Waals surface area contributed by atoms with Crippen molar-refractivity contribution in [3.63, 3.8) is 0 Å². The van der Waals surface area contributed by atoms with Gasteiger partial charge < -0.3 is 0 Å². The molecule has 0 N–H and O–H groups in total. The number of Topliss-reactive ketones (excluding diaryl/α,β-unsaturated/α-hetero) is 1. The predicted octanol–water partition coefficient (Wildman–Crippen LogP) is 2.37. The van der Waals surface area contributed by atoms with E-state index in [-0.39, 0.29) is 0 Å². The van der Waals surface area contributed by atoms with Gasteiger partial charge in [-0.3, -0.25) is 9.48 Å². The minimum absolute atomic E-state index is 0.366. The summed E-state index contributed by atoms with van der Waals surface area (Å²) in [5.74, 6) is 3.44. The Kier molecular flexibility index (Phi) is 4.26. The van der Waals surface area contributed by atoms with Crippen molar-refractivity contribution in [3.05, 3.63) is 17.5 Å². The van der Waals surface area contributed by atoms with Crippen LogP contribution in [0.5, 0.6) is 0 Å². The molecule has 1 aliphatic rings. The van der Waals surface area contributed by atoms with Crippen molar-refractivity contribution in [1.29, 1.82) is 0 Å². The lowest BCUT2D eigenvalue weighted by molar-refractivity contribution is -0.119. The Morgan fingerprint density at radius 1 is 1.53 bits per heavy atom. The van der Waals surface area contributed by atoms with Gasteiger partial charge >= 0.3 is 0 Å². The number of aryl methyl sites for hydroxylation is 2. The highest BCUT2D eigenvalue weighted by molar-refractivity contribution is 7.99. The molecule has 2 heterocycles. The van der Waals surface area contributed by atoms with Crippen LogP contribution in [-0.4, -0.2) is 27.1 Å². The zero-order chi connectivity index (χ0) is 12.3. The molecule has 0 radical (unpaired) electrons. The van der Waals surface area contributed by atoms with Crippen molar-refractivity contribution in [1.82, 2.24) is 9.78 Å². The Hall–Kier alpha value is -0.770. The molecule has 1 saturated heterocycles. The summed E-state index contributed by atoms with van der Waals surface area (Å²) in [4.78, 5) is 12.0. The third kappa shape index (κ3) is 3.60. The lowest BCUT2D eigenvalue weighted by Gasteiger charge is -2.20. The van der Waals surface area contributed by atoms with Crippen LogP contribution in [0.1, 0.15) is 30.7 Å². The Morgan fingerprint density at radius 3 is 2.82 bits per heavy atom. The molecule has 17 heavy (non-hydrogen) atoms. The predicted molar refractivity (Wildman–Crippen MR) is 71.3 cm³/mol. The van der Waals surface area contributed by atoms with E-state index in [1.807, 2.05) is 36.5 Å². The number of carbonyl (C=O) groups excluding carboxylic acids is 1. The second-order valence-corrected chi connectivity index (χ2v) is 6.10. The number of hydrogen-bond donors (Lipinski definition) is 0. The Labute approximate surface area is 107 Å². The highest BCUT2D eigenvalue weighted by atomic mass is 32.2. The lowest BCUT2D eigenvalue weighted by atomic mass is 9.95. The maximum absolute atomic E-state index is 12.0. The van der Waals surface area contributed by atoms with Crippen LogP contribution in [0.4, 0.5) is 0 Å². The SMILES string of the molecule is Cc1cc(CC(=O)CC2CCSCC2)n(C)n1. The number of carbonyl (C=O) groups is 1. The standard InChI is InChI=1S/C13H20N2OS/c1-10-7-12(15(2)14-10)9-13(16)8-11-3-5-17-6-4-11/h7,11H,3-6,8-9H2,1-2H3. The summed E-state index contributed by atoms with van der Waals surface area (Å²) in [5, 5.41) is 4.27. The van der Waals surface area contributed by atoms with Crippen molar-refractivity contribution in [2.45, 2.75) is 32.6 Å². The highest BCUT2D eigenvalue weighted by Gasteiger charge is 2.18. The molecule has 0 bridgehead atoms. The molecule has 1 fully saturated rings. The molecule has 0 amide bonds. The fourth-order valence-corrected chi connectivity index (χ4v) is 3.58. The average Bonchev–Trinajstić information content (AvgIpc) is 2.58. The van der Waals surface area contributed by atoms with Crippen LogP contribution >= 0.6 is 11.8 Å². The first-order valence-electron chi connectivity index (χ1n) is 6.24. The van der Waals surface area contributed by atoms with E-state index in [0.717, 1.165) is 17.8 Å². The maximum Gasteiger partial charge on any atom is 0.139 e. The van der Waals surface area contributed by atoms with Crippen LogP contribution in [0.15, 0.2) is 6.07 Å². The van der Waals surface area contributed by atoms with Crippen LogP contribution in [0.2, 0.25) is 0 Å². The summed E-state index contributed by atoms with van der Waals surface area (Å²) in [5.41, 5.74) is 2.03. The molecule has 1 aromatic rings. The van der Waals surface area contributed by atoms with Crippen LogP contribution in [0, 0.1) is 12.8 Å². The number of ketones is 1. The molecule has 0 aromatic carbocycles. The van der Waals surface area contributed by atoms with Crippen molar-refractivity contribution in [3.8, 4) is 0 Å². The molecular formula is C13H20N2OS. The van der Waals surface area contributed by atoms with Gasteiger partial charge in [0.1, 0.15) is 5.78 Å². The summed E-state index contributed by atoms with van der Waals surface area (Å²) < 4.78 is 1.82. The van der Waals surface area contributed by atoms with E-state index in [2.05, 4.69) is 5.10 Å². The van der Waals surface area contributed by atoms with Gasteiger partial charge in [-0.05, 0) is 43.3 Å². The van der Waals surface area contributed by atoms with Gasteiger partial charge in [-0.1, -0.05) is 0 Å². The molecule has 0 atom stereocenters. The van der Waals surface area contributed by atoms with Crippen LogP contribution < -0.4 is 0 Å². The minimum atomic E-state index is 0.366. The smallest absolute Gasteiger partial charge is 0.139 e. The quantitative estimate of drug-likeness (QED) is 0.825. The fraction of sp³-hybridized carbons (Fsp3) is 0.692. The number of thioether (sulfide) groups is 1. The maximum atomic E-state index is 12.0. The molecule has 2 rings (SSSR count). The number of hydrogen-bond acceptors (Lipinski definition) is 3. The van der Waals surface area contributed by atoms with E-state index in [4.69, 9.17) is 0 Å². The van der Waals surface area contributed by atoms with E-state index in [1.165, 1.54) is 24.3 Å². The van der Waals surface area contributed by atoms with Gasteiger partial charge in [-0.15, -0.1) is 0 Å². The normalized spacial score (nSPS) is 17.3. The topological polar surface area (TPSA) is 34.9 Å². The summed E-state index contributed by atoms with van der Waals surface area (Å²) in [6, 6.07) is 2.01. The first kappa shape index (κ1) is 12.7. The second-order valence-electron chi connectivity index (χ2n) is 4.88. The van der Waals surface area contributed by atoms with Crippen LogP contribution in [0.3, 0.4) is 0 Å². The Balaban J connectivity index is 1.86. The third-order valence-corrected chi connectivity index (χ3v) is 4.38. The largest absolute Gasteiger partial charge is 0.299 e. The summed E-state index contributed by atoms with van der Waals surface area (Å²) in [7, 11) is 1.91. The fourth-order valence-electron chi connectivity index (χ4n) is 2.38. The van der Waals surface area contributed by atoms with E-state index in [1.54, 1.807) is 0 Å². The van der Waals surface area contributed by atoms with Crippen molar-refractivity contribution < 1.29 is 4.79 Å². The number of nitrogens with zero attached hydrogens (tertiary/aromatic N) is 2. The second kappa shape index (κ2) is 5.71. The average molecular weight is 252 g/mol. The zero-order valence-electron chi connectivity index (χ0n) is 10.6. The molecule has 0 unspecified atom stereocenters. The Morgan fingerprint density at radius 2 is 2.24 bits per heavy atom. The summed E-state index contributed by atoms with van der Waals surface area (Å²) >= 11 is 2.01. The summed E-state index contributed by atoms with van der Waals surface area (Å²) in [6.07, 6.45) is 3.72. The molecule has 1 aliphatic heterocycles. The van der Waals surface area contributed by atoms with Gasteiger partial charge in [0, 0.05) is 25.6 Å².